The molecule has 0 amide bonds. The van der Waals surface area contributed by atoms with Gasteiger partial charge in [0.1, 0.15) is 0 Å². The van der Waals surface area contributed by atoms with Crippen LogP contribution in [-0.4, -0.2) is 32.0 Å². The van der Waals surface area contributed by atoms with Gasteiger partial charge in [-0.1, -0.05) is 0 Å². The summed E-state index contributed by atoms with van der Waals surface area (Å²) >= 11 is 0.408. The molecule has 8 heavy (non-hydrogen) atoms. The Bertz CT molecular complexity index is 82.5. The molecule has 0 heterocycles. The van der Waals surface area contributed by atoms with Crippen LogP contribution in [0.2, 0.25) is 11.1 Å². The fraction of sp³-hybridized carbons (Fsp3) is 0.800. The third-order valence-corrected chi connectivity index (χ3v) is 2.16. The standard InChI is InChI=1S/C5H10O2Se/c1-4(6)5(7)3-8-2/h5,7H,3H2,1-2H3. The molecule has 0 aromatic heterocycles. The molecule has 1 unspecified atom stereocenters. The molecule has 3 heteroatoms. The van der Waals surface area contributed by atoms with Gasteiger partial charge in [0.25, 0.3) is 0 Å². The third-order valence-electron chi connectivity index (χ3n) is 0.794. The number of carbonyl (C=O) groups excluding carboxylic acids is 1. The zero-order chi connectivity index (χ0) is 6.57. The van der Waals surface area contributed by atoms with Gasteiger partial charge in [-0.15, -0.1) is 0 Å². The van der Waals surface area contributed by atoms with Crippen LogP contribution in [0.25, 0.3) is 0 Å². The normalized spacial score (nSPS) is 13.4. The predicted molar refractivity (Wildman–Crippen MR) is 33.1 cm³/mol. The molecule has 0 aliphatic rings. The van der Waals surface area contributed by atoms with Crippen molar-refractivity contribution in [1.29, 1.82) is 0 Å². The zero-order valence-electron chi connectivity index (χ0n) is 5.05. The Morgan fingerprint density at radius 1 is 1.88 bits per heavy atom. The second-order valence-electron chi connectivity index (χ2n) is 1.58. The fourth-order valence-electron chi connectivity index (χ4n) is 0.275. The summed E-state index contributed by atoms with van der Waals surface area (Å²) in [6.45, 7) is 1.41. The van der Waals surface area contributed by atoms with Crippen LogP contribution in [0, 0.1) is 0 Å². The summed E-state index contributed by atoms with van der Waals surface area (Å²) < 4.78 is 0. The summed E-state index contributed by atoms with van der Waals surface area (Å²) in [6.07, 6.45) is -0.694. The van der Waals surface area contributed by atoms with E-state index in [1.54, 1.807) is 0 Å². The zero-order valence-corrected chi connectivity index (χ0v) is 6.76. The van der Waals surface area contributed by atoms with E-state index in [2.05, 4.69) is 0 Å². The SMILES string of the molecule is C[Se]CC(O)C(C)=O. The number of ketones is 1. The van der Waals surface area contributed by atoms with E-state index in [4.69, 9.17) is 5.11 Å². The first-order valence-corrected chi connectivity index (χ1v) is 5.28. The van der Waals surface area contributed by atoms with Gasteiger partial charge in [-0.3, -0.25) is 0 Å². The monoisotopic (exact) mass is 182 g/mol. The average Bonchev–Trinajstić information content (AvgIpc) is 1.67. The van der Waals surface area contributed by atoms with Gasteiger partial charge < -0.3 is 0 Å². The van der Waals surface area contributed by atoms with Gasteiger partial charge in [0.15, 0.2) is 0 Å². The Morgan fingerprint density at radius 2 is 2.38 bits per heavy atom. The second-order valence-corrected chi connectivity index (χ2v) is 3.49. The van der Waals surface area contributed by atoms with Gasteiger partial charge >= 0.3 is 54.8 Å². The Labute approximate surface area is 55.4 Å². The van der Waals surface area contributed by atoms with Crippen LogP contribution in [0.5, 0.6) is 0 Å². The van der Waals surface area contributed by atoms with Gasteiger partial charge in [-0.05, 0) is 0 Å². The molecule has 0 aliphatic heterocycles. The van der Waals surface area contributed by atoms with Crippen LogP contribution in [0.1, 0.15) is 6.92 Å². The Hall–Kier alpha value is 0.149. The van der Waals surface area contributed by atoms with Crippen molar-refractivity contribution in [2.24, 2.45) is 0 Å². The average molecular weight is 181 g/mol. The van der Waals surface area contributed by atoms with E-state index in [1.807, 2.05) is 5.82 Å². The maximum absolute atomic E-state index is 10.3. The molecule has 48 valence electrons. The molecular formula is C5H10O2Se. The third kappa shape index (κ3) is 3.19. The molecule has 0 spiro atoms. The number of aliphatic hydroxyl groups is 1. The van der Waals surface area contributed by atoms with Crippen LogP contribution in [-0.2, 0) is 4.79 Å². The molecule has 1 N–H and O–H groups in total. The van der Waals surface area contributed by atoms with Gasteiger partial charge in [0.2, 0.25) is 0 Å². The van der Waals surface area contributed by atoms with Crippen molar-refractivity contribution in [2.45, 2.75) is 24.2 Å². The summed E-state index contributed by atoms with van der Waals surface area (Å²) in [5, 5.41) is 9.45. The van der Waals surface area contributed by atoms with E-state index in [-0.39, 0.29) is 5.78 Å². The number of carbonyl (C=O) groups is 1. The van der Waals surface area contributed by atoms with E-state index >= 15 is 0 Å². The summed E-state index contributed by atoms with van der Waals surface area (Å²) in [5.41, 5.74) is 0. The molecule has 0 aromatic carbocycles. The van der Waals surface area contributed by atoms with E-state index in [1.165, 1.54) is 6.92 Å². The van der Waals surface area contributed by atoms with Crippen LogP contribution >= 0.6 is 0 Å². The molecule has 0 saturated heterocycles. The predicted octanol–water partition coefficient (Wildman–Crippen LogP) is 0.107. The molecule has 0 fully saturated rings. The molecule has 0 aliphatic carbocycles. The van der Waals surface area contributed by atoms with E-state index in [0.717, 1.165) is 0 Å². The van der Waals surface area contributed by atoms with Gasteiger partial charge in [-0.25, -0.2) is 0 Å². The van der Waals surface area contributed by atoms with Crippen molar-refractivity contribution < 1.29 is 9.90 Å². The molecule has 0 aromatic rings. The number of hydrogen-bond donors (Lipinski definition) is 1. The minimum atomic E-state index is -0.694. The van der Waals surface area contributed by atoms with E-state index in [0.29, 0.717) is 20.3 Å². The van der Waals surface area contributed by atoms with Gasteiger partial charge in [-0.2, -0.15) is 0 Å². The van der Waals surface area contributed by atoms with E-state index < -0.39 is 6.10 Å². The first-order chi connectivity index (χ1) is 3.68. The van der Waals surface area contributed by atoms with Crippen LogP contribution in [0.3, 0.4) is 0 Å². The minimum absolute atomic E-state index is 0.117. The molecule has 0 bridgehead atoms. The summed E-state index contributed by atoms with van der Waals surface area (Å²) in [7, 11) is 0. The summed E-state index contributed by atoms with van der Waals surface area (Å²) in [6, 6.07) is 0. The fourth-order valence-corrected chi connectivity index (χ4v) is 1.43. The number of hydrogen-bond acceptors (Lipinski definition) is 2. The number of rotatable bonds is 3. The van der Waals surface area contributed by atoms with Crippen LogP contribution in [0.4, 0.5) is 0 Å². The molecule has 0 rings (SSSR count). The second kappa shape index (κ2) is 4.07. The van der Waals surface area contributed by atoms with Crippen molar-refractivity contribution in [3.63, 3.8) is 0 Å². The van der Waals surface area contributed by atoms with Gasteiger partial charge in [0, 0.05) is 0 Å². The molecule has 2 nitrogen and oxygen atoms in total. The van der Waals surface area contributed by atoms with Crippen molar-refractivity contribution in [1.82, 2.24) is 0 Å². The Balaban J connectivity index is 3.32. The van der Waals surface area contributed by atoms with Gasteiger partial charge in [0.05, 0.1) is 0 Å². The maximum atomic E-state index is 10.3. The quantitative estimate of drug-likeness (QED) is 0.627. The summed E-state index contributed by atoms with van der Waals surface area (Å²) in [4.78, 5) is 10.3. The van der Waals surface area contributed by atoms with Crippen LogP contribution in [0.15, 0.2) is 0 Å². The molecular weight excluding hydrogens is 171 g/mol. The first-order valence-electron chi connectivity index (χ1n) is 2.36. The first kappa shape index (κ1) is 8.15. The topological polar surface area (TPSA) is 37.3 Å². The van der Waals surface area contributed by atoms with Crippen molar-refractivity contribution in [3.8, 4) is 0 Å². The van der Waals surface area contributed by atoms with Crippen LogP contribution < -0.4 is 0 Å². The summed E-state index contributed by atoms with van der Waals surface area (Å²) in [5.74, 6) is 1.88. The Kier molecular flexibility index (Phi) is 4.15. The van der Waals surface area contributed by atoms with E-state index in [9.17, 15) is 4.79 Å². The number of Topliss-reactive ketones (excluding diaryl/α,β-unsaturated/α-hetero) is 1. The molecule has 1 atom stereocenters. The van der Waals surface area contributed by atoms with Crippen molar-refractivity contribution >= 4 is 20.7 Å². The molecule has 0 radical (unpaired) electrons. The van der Waals surface area contributed by atoms with Crippen molar-refractivity contribution in [2.75, 3.05) is 0 Å². The Morgan fingerprint density at radius 3 is 2.50 bits per heavy atom. The number of aliphatic hydroxyl groups excluding tert-OH is 1. The van der Waals surface area contributed by atoms with Crippen molar-refractivity contribution in [3.05, 3.63) is 0 Å². The molecule has 0 saturated carbocycles.